The minimum Gasteiger partial charge on any atom is -0.380 e. The molecule has 0 bridgehead atoms. The number of benzene rings is 1. The van der Waals surface area contributed by atoms with Crippen molar-refractivity contribution in [1.82, 2.24) is 0 Å². The molecule has 2 saturated heterocycles. The maximum atomic E-state index is 13.8. The van der Waals surface area contributed by atoms with E-state index in [1.807, 2.05) is 11.8 Å². The van der Waals surface area contributed by atoms with Crippen LogP contribution in [0.2, 0.25) is 0 Å². The van der Waals surface area contributed by atoms with Crippen molar-refractivity contribution in [1.29, 1.82) is 0 Å². The Morgan fingerprint density at radius 1 is 1.35 bits per heavy atom. The van der Waals surface area contributed by atoms with Crippen molar-refractivity contribution in [2.75, 3.05) is 23.4 Å². The molecule has 2 aliphatic heterocycles. The van der Waals surface area contributed by atoms with Gasteiger partial charge in [-0.1, -0.05) is 0 Å². The molecule has 2 fully saturated rings. The topological polar surface area (TPSA) is 21.3 Å². The SMILES string of the molecule is Fc1cc(F)c(NC2CCOC3(CCSC3)C2)cc1Br. The highest BCUT2D eigenvalue weighted by Gasteiger charge is 2.40. The number of hydrogen-bond acceptors (Lipinski definition) is 3. The zero-order chi connectivity index (χ0) is 14.2. The summed E-state index contributed by atoms with van der Waals surface area (Å²) in [6.07, 6.45) is 2.79. The van der Waals surface area contributed by atoms with Gasteiger partial charge in [-0.25, -0.2) is 8.78 Å². The average molecular weight is 364 g/mol. The van der Waals surface area contributed by atoms with Gasteiger partial charge in [0.25, 0.3) is 0 Å². The van der Waals surface area contributed by atoms with Crippen LogP contribution in [0, 0.1) is 11.6 Å². The van der Waals surface area contributed by atoms with Gasteiger partial charge in [-0.05, 0) is 47.0 Å². The molecule has 6 heteroatoms. The molecule has 0 radical (unpaired) electrons. The zero-order valence-electron chi connectivity index (χ0n) is 10.9. The van der Waals surface area contributed by atoms with Gasteiger partial charge in [-0.3, -0.25) is 0 Å². The van der Waals surface area contributed by atoms with E-state index in [-0.39, 0.29) is 16.1 Å². The number of rotatable bonds is 2. The van der Waals surface area contributed by atoms with Crippen molar-refractivity contribution in [3.05, 3.63) is 28.2 Å². The van der Waals surface area contributed by atoms with Gasteiger partial charge in [0.2, 0.25) is 0 Å². The molecule has 3 rings (SSSR count). The van der Waals surface area contributed by atoms with E-state index in [1.54, 1.807) is 0 Å². The first-order valence-electron chi connectivity index (χ1n) is 6.71. The highest BCUT2D eigenvalue weighted by molar-refractivity contribution is 9.10. The fourth-order valence-electron chi connectivity index (χ4n) is 2.87. The second-order valence-corrected chi connectivity index (χ2v) is 7.37. The Morgan fingerprint density at radius 3 is 2.95 bits per heavy atom. The van der Waals surface area contributed by atoms with Gasteiger partial charge in [0.15, 0.2) is 0 Å². The van der Waals surface area contributed by atoms with Crippen LogP contribution in [0.15, 0.2) is 16.6 Å². The van der Waals surface area contributed by atoms with Crippen LogP contribution in [0.4, 0.5) is 14.5 Å². The summed E-state index contributed by atoms with van der Waals surface area (Å²) in [4.78, 5) is 0. The summed E-state index contributed by atoms with van der Waals surface area (Å²) in [5.74, 6) is 1.01. The van der Waals surface area contributed by atoms with E-state index in [0.717, 1.165) is 36.8 Å². The number of thioether (sulfide) groups is 1. The van der Waals surface area contributed by atoms with E-state index in [2.05, 4.69) is 21.2 Å². The van der Waals surface area contributed by atoms with Crippen LogP contribution in [0.1, 0.15) is 19.3 Å². The molecule has 0 amide bonds. The molecule has 20 heavy (non-hydrogen) atoms. The average Bonchev–Trinajstić information content (AvgIpc) is 2.84. The van der Waals surface area contributed by atoms with Gasteiger partial charge in [0.05, 0.1) is 15.8 Å². The van der Waals surface area contributed by atoms with Crippen molar-refractivity contribution in [3.8, 4) is 0 Å². The maximum Gasteiger partial charge on any atom is 0.149 e. The highest BCUT2D eigenvalue weighted by atomic mass is 79.9. The Balaban J connectivity index is 1.73. The molecule has 0 aliphatic carbocycles. The number of halogens is 3. The van der Waals surface area contributed by atoms with E-state index in [4.69, 9.17) is 4.74 Å². The summed E-state index contributed by atoms with van der Waals surface area (Å²) >= 11 is 5.01. The molecule has 1 aromatic rings. The number of nitrogens with one attached hydrogen (secondary N) is 1. The minimum absolute atomic E-state index is 0.0473. The molecule has 2 nitrogen and oxygen atoms in total. The van der Waals surface area contributed by atoms with Crippen molar-refractivity contribution >= 4 is 33.4 Å². The van der Waals surface area contributed by atoms with Gasteiger partial charge in [-0.15, -0.1) is 0 Å². The second kappa shape index (κ2) is 5.81. The van der Waals surface area contributed by atoms with Gasteiger partial charge < -0.3 is 10.1 Å². The van der Waals surface area contributed by atoms with Crippen molar-refractivity contribution < 1.29 is 13.5 Å². The fraction of sp³-hybridized carbons (Fsp3) is 0.571. The molecule has 2 aliphatic rings. The Bertz CT molecular complexity index is 508. The first kappa shape index (κ1) is 14.6. The molecule has 1 spiro atoms. The molecular weight excluding hydrogens is 348 g/mol. The second-order valence-electron chi connectivity index (χ2n) is 5.41. The minimum atomic E-state index is -0.580. The lowest BCUT2D eigenvalue weighted by Gasteiger charge is -2.38. The third kappa shape index (κ3) is 2.97. The zero-order valence-corrected chi connectivity index (χ0v) is 13.3. The van der Waals surface area contributed by atoms with E-state index < -0.39 is 11.6 Å². The quantitative estimate of drug-likeness (QED) is 0.795. The van der Waals surface area contributed by atoms with Crippen LogP contribution in [-0.4, -0.2) is 29.8 Å². The van der Waals surface area contributed by atoms with Crippen molar-refractivity contribution in [2.45, 2.75) is 30.9 Å². The lowest BCUT2D eigenvalue weighted by Crippen LogP contribution is -2.44. The van der Waals surface area contributed by atoms with E-state index in [0.29, 0.717) is 12.3 Å². The predicted molar refractivity (Wildman–Crippen MR) is 81.3 cm³/mol. The standard InChI is InChI=1S/C14H16BrF2NOS/c15-10-5-13(12(17)6-11(10)16)18-9-1-3-19-14(7-9)2-4-20-8-14/h5-6,9,18H,1-4,7-8H2. The van der Waals surface area contributed by atoms with E-state index in [9.17, 15) is 8.78 Å². The van der Waals surface area contributed by atoms with Crippen LogP contribution in [0.5, 0.6) is 0 Å². The maximum absolute atomic E-state index is 13.8. The summed E-state index contributed by atoms with van der Waals surface area (Å²) in [6.45, 7) is 0.697. The lowest BCUT2D eigenvalue weighted by atomic mass is 9.90. The van der Waals surface area contributed by atoms with Crippen LogP contribution in [0.25, 0.3) is 0 Å². The van der Waals surface area contributed by atoms with Crippen LogP contribution in [0.3, 0.4) is 0 Å². The van der Waals surface area contributed by atoms with Crippen molar-refractivity contribution in [2.24, 2.45) is 0 Å². The summed E-state index contributed by atoms with van der Waals surface area (Å²) < 4.78 is 33.3. The predicted octanol–water partition coefficient (Wildman–Crippen LogP) is 4.19. The first-order valence-corrected chi connectivity index (χ1v) is 8.66. The van der Waals surface area contributed by atoms with Crippen LogP contribution < -0.4 is 5.32 Å². The van der Waals surface area contributed by atoms with Crippen molar-refractivity contribution in [3.63, 3.8) is 0 Å². The molecule has 1 aromatic carbocycles. The molecule has 1 N–H and O–H groups in total. The van der Waals surface area contributed by atoms with Crippen LogP contribution >= 0.6 is 27.7 Å². The fourth-order valence-corrected chi connectivity index (χ4v) is 4.59. The van der Waals surface area contributed by atoms with Gasteiger partial charge >= 0.3 is 0 Å². The Hall–Kier alpha value is -0.330. The first-order chi connectivity index (χ1) is 9.58. The summed E-state index contributed by atoms with van der Waals surface area (Å²) in [5.41, 5.74) is 0.305. The summed E-state index contributed by atoms with van der Waals surface area (Å²) in [7, 11) is 0. The number of anilines is 1. The number of hydrogen-bond donors (Lipinski definition) is 1. The van der Waals surface area contributed by atoms with E-state index >= 15 is 0 Å². The third-order valence-corrected chi connectivity index (χ3v) is 5.76. The molecular formula is C14H16BrF2NOS. The Kier molecular flexibility index (Phi) is 4.24. The Morgan fingerprint density at radius 2 is 2.20 bits per heavy atom. The van der Waals surface area contributed by atoms with Gasteiger partial charge in [0, 0.05) is 24.5 Å². The summed E-state index contributed by atoms with van der Waals surface area (Å²) in [6, 6.07) is 2.55. The molecule has 0 saturated carbocycles. The molecule has 110 valence electrons. The van der Waals surface area contributed by atoms with Gasteiger partial charge in [0.1, 0.15) is 11.6 Å². The molecule has 2 unspecified atom stereocenters. The van der Waals surface area contributed by atoms with Gasteiger partial charge in [-0.2, -0.15) is 11.8 Å². The highest BCUT2D eigenvalue weighted by Crippen LogP contribution is 2.39. The smallest absolute Gasteiger partial charge is 0.149 e. The normalized spacial score (nSPS) is 29.9. The molecule has 2 heterocycles. The van der Waals surface area contributed by atoms with E-state index in [1.165, 1.54) is 6.07 Å². The molecule has 2 atom stereocenters. The number of ether oxygens (including phenoxy) is 1. The monoisotopic (exact) mass is 363 g/mol. The molecule has 0 aromatic heterocycles. The largest absolute Gasteiger partial charge is 0.380 e. The van der Waals surface area contributed by atoms with Crippen LogP contribution in [-0.2, 0) is 4.74 Å². The lowest BCUT2D eigenvalue weighted by molar-refractivity contribution is -0.0628. The third-order valence-electron chi connectivity index (χ3n) is 3.93. The summed E-state index contributed by atoms with van der Waals surface area (Å²) in [5, 5.41) is 3.21. The Labute approximate surface area is 129 Å².